The lowest BCUT2D eigenvalue weighted by molar-refractivity contribution is 0.749. The zero-order valence-corrected chi connectivity index (χ0v) is 16.7. The first-order valence-corrected chi connectivity index (χ1v) is 9.91. The predicted octanol–water partition coefficient (Wildman–Crippen LogP) is 6.96. The van der Waals surface area contributed by atoms with Gasteiger partial charge >= 0.3 is 0 Å². The molecule has 0 nitrogen and oxygen atoms in total. The Hall–Kier alpha value is -0.900. The lowest BCUT2D eigenvalue weighted by atomic mass is 9.61. The van der Waals surface area contributed by atoms with Crippen LogP contribution in [0, 0.1) is 0 Å². The molecule has 0 atom stereocenters. The Kier molecular flexibility index (Phi) is 3.17. The van der Waals surface area contributed by atoms with Gasteiger partial charge in [0.2, 0.25) is 0 Å². The van der Waals surface area contributed by atoms with Gasteiger partial charge in [-0.25, -0.2) is 0 Å². The van der Waals surface area contributed by atoms with Crippen LogP contribution < -0.4 is 0 Å². The molecule has 3 aliphatic rings. The van der Waals surface area contributed by atoms with Crippen LogP contribution in [0.4, 0.5) is 0 Å². The molecule has 3 aromatic rings. The average molecular weight is 491 g/mol. The molecule has 0 saturated carbocycles. The van der Waals surface area contributed by atoms with Gasteiger partial charge < -0.3 is 0 Å². The van der Waals surface area contributed by atoms with Crippen LogP contribution in [0.5, 0.6) is 0 Å². The summed E-state index contributed by atoms with van der Waals surface area (Å²) in [7, 11) is 0. The van der Waals surface area contributed by atoms with Gasteiger partial charge in [-0.2, -0.15) is 0 Å². The van der Waals surface area contributed by atoms with Gasteiger partial charge in [0, 0.05) is 25.3 Å². The maximum atomic E-state index is 3.85. The highest BCUT2D eigenvalue weighted by Crippen LogP contribution is 2.58. The molecule has 0 fully saturated rings. The Bertz CT molecular complexity index is 927. The Morgan fingerprint density at radius 1 is 0.565 bits per heavy atom. The molecular formula is C20H11Br3. The molecule has 0 heterocycles. The molecule has 0 unspecified atom stereocenters. The predicted molar refractivity (Wildman–Crippen MR) is 104 cm³/mol. The maximum absolute atomic E-state index is 3.85. The van der Waals surface area contributed by atoms with E-state index in [0.29, 0.717) is 11.8 Å². The lowest BCUT2D eigenvalue weighted by Gasteiger charge is -2.43. The second-order valence-corrected chi connectivity index (χ2v) is 8.55. The van der Waals surface area contributed by atoms with Crippen molar-refractivity contribution in [2.75, 3.05) is 0 Å². The second kappa shape index (κ2) is 5.05. The Balaban J connectivity index is 1.94. The average Bonchev–Trinajstić information content (AvgIpc) is 2.59. The summed E-state index contributed by atoms with van der Waals surface area (Å²) in [4.78, 5) is 0. The number of hydrogen-bond donors (Lipinski definition) is 0. The first kappa shape index (κ1) is 14.4. The first-order valence-electron chi connectivity index (χ1n) is 7.53. The standard InChI is InChI=1S/C20H11Br3/c21-15-9-14-16-10-5-1-3-7-12(10)17(18(14)20(23)19(15)22)13-8-4-2-6-11(13)16/h1-9,16-17H. The summed E-state index contributed by atoms with van der Waals surface area (Å²) in [5.41, 5.74) is 8.60. The normalized spacial score (nSPS) is 20.0. The molecule has 0 aromatic heterocycles. The zero-order valence-electron chi connectivity index (χ0n) is 12.0. The molecule has 0 N–H and O–H groups in total. The molecule has 3 aliphatic carbocycles. The molecule has 0 spiro atoms. The van der Waals surface area contributed by atoms with Gasteiger partial charge in [-0.3, -0.25) is 0 Å². The molecular weight excluding hydrogens is 480 g/mol. The largest absolute Gasteiger partial charge is 0.0619 e. The van der Waals surface area contributed by atoms with Crippen molar-refractivity contribution in [1.82, 2.24) is 0 Å². The highest BCUT2D eigenvalue weighted by molar-refractivity contribution is 9.14. The van der Waals surface area contributed by atoms with Gasteiger partial charge in [-0.15, -0.1) is 0 Å². The number of rotatable bonds is 0. The van der Waals surface area contributed by atoms with Crippen LogP contribution >= 0.6 is 47.8 Å². The van der Waals surface area contributed by atoms with Gasteiger partial charge in [-0.05, 0) is 87.2 Å². The fraction of sp³-hybridized carbons (Fsp3) is 0.100. The lowest BCUT2D eigenvalue weighted by Crippen LogP contribution is -2.28. The van der Waals surface area contributed by atoms with E-state index in [1.165, 1.54) is 37.9 Å². The molecule has 3 aromatic carbocycles. The van der Waals surface area contributed by atoms with Crippen LogP contribution in [0.15, 0.2) is 68.0 Å². The number of halogens is 3. The Labute approximate surface area is 160 Å². The molecule has 3 heteroatoms. The molecule has 0 radical (unpaired) electrons. The smallest absolute Gasteiger partial charge is 0.0462 e. The summed E-state index contributed by atoms with van der Waals surface area (Å²) >= 11 is 11.3. The summed E-state index contributed by atoms with van der Waals surface area (Å²) in [6.07, 6.45) is 0. The summed E-state index contributed by atoms with van der Waals surface area (Å²) in [5, 5.41) is 0. The van der Waals surface area contributed by atoms with Crippen LogP contribution in [-0.2, 0) is 0 Å². The fourth-order valence-electron chi connectivity index (χ4n) is 4.21. The van der Waals surface area contributed by atoms with Crippen molar-refractivity contribution in [3.63, 3.8) is 0 Å². The van der Waals surface area contributed by atoms with Crippen LogP contribution in [-0.4, -0.2) is 0 Å². The molecule has 2 bridgehead atoms. The minimum atomic E-state index is 0.307. The highest BCUT2D eigenvalue weighted by Gasteiger charge is 2.42. The monoisotopic (exact) mass is 488 g/mol. The number of hydrogen-bond acceptors (Lipinski definition) is 0. The number of benzene rings is 3. The molecule has 6 rings (SSSR count). The van der Waals surface area contributed by atoms with Gasteiger partial charge in [0.15, 0.2) is 0 Å². The van der Waals surface area contributed by atoms with E-state index >= 15 is 0 Å². The third kappa shape index (κ3) is 1.82. The minimum Gasteiger partial charge on any atom is -0.0619 e. The van der Waals surface area contributed by atoms with Crippen molar-refractivity contribution in [2.24, 2.45) is 0 Å². The Morgan fingerprint density at radius 2 is 1.04 bits per heavy atom. The second-order valence-electron chi connectivity index (χ2n) is 6.11. The first-order chi connectivity index (χ1) is 11.2. The van der Waals surface area contributed by atoms with Gasteiger partial charge in [0.1, 0.15) is 0 Å². The summed E-state index contributed by atoms with van der Waals surface area (Å²) in [6, 6.07) is 20.1. The van der Waals surface area contributed by atoms with E-state index in [-0.39, 0.29) is 0 Å². The van der Waals surface area contributed by atoms with E-state index in [4.69, 9.17) is 0 Å². The van der Waals surface area contributed by atoms with Crippen LogP contribution in [0.25, 0.3) is 0 Å². The van der Waals surface area contributed by atoms with Gasteiger partial charge in [-0.1, -0.05) is 48.5 Å². The zero-order chi connectivity index (χ0) is 15.7. The summed E-state index contributed by atoms with van der Waals surface area (Å²) < 4.78 is 3.37. The molecule has 112 valence electrons. The quantitative estimate of drug-likeness (QED) is 0.206. The SMILES string of the molecule is Brc1cc2c(c(Br)c1Br)C1c3ccccc3C2c2ccccc21. The maximum Gasteiger partial charge on any atom is 0.0462 e. The van der Waals surface area contributed by atoms with Gasteiger partial charge in [0.25, 0.3) is 0 Å². The Morgan fingerprint density at radius 3 is 1.57 bits per heavy atom. The highest BCUT2D eigenvalue weighted by atomic mass is 79.9. The third-order valence-electron chi connectivity index (χ3n) is 5.07. The summed E-state index contributed by atoms with van der Waals surface area (Å²) in [5.74, 6) is 0.629. The molecule has 0 amide bonds. The van der Waals surface area contributed by atoms with E-state index < -0.39 is 0 Å². The summed E-state index contributed by atoms with van der Waals surface area (Å²) in [6.45, 7) is 0. The molecule has 0 aliphatic heterocycles. The van der Waals surface area contributed by atoms with E-state index in [2.05, 4.69) is 102 Å². The fourth-order valence-corrected chi connectivity index (χ4v) is 5.92. The van der Waals surface area contributed by atoms with Gasteiger partial charge in [0.05, 0.1) is 0 Å². The van der Waals surface area contributed by atoms with Crippen molar-refractivity contribution >= 4 is 47.8 Å². The van der Waals surface area contributed by atoms with E-state index in [1.54, 1.807) is 0 Å². The van der Waals surface area contributed by atoms with Crippen molar-refractivity contribution < 1.29 is 0 Å². The van der Waals surface area contributed by atoms with Crippen molar-refractivity contribution in [3.8, 4) is 0 Å². The molecule has 23 heavy (non-hydrogen) atoms. The topological polar surface area (TPSA) is 0 Å². The van der Waals surface area contributed by atoms with Crippen LogP contribution in [0.1, 0.15) is 45.2 Å². The molecule has 0 saturated heterocycles. The van der Waals surface area contributed by atoms with Crippen molar-refractivity contribution in [3.05, 3.63) is 101 Å². The van der Waals surface area contributed by atoms with Crippen LogP contribution in [0.3, 0.4) is 0 Å². The van der Waals surface area contributed by atoms with Crippen molar-refractivity contribution in [2.45, 2.75) is 11.8 Å². The van der Waals surface area contributed by atoms with E-state index in [0.717, 1.165) is 8.95 Å². The van der Waals surface area contributed by atoms with Crippen molar-refractivity contribution in [1.29, 1.82) is 0 Å². The third-order valence-corrected chi connectivity index (χ3v) is 8.40. The van der Waals surface area contributed by atoms with Crippen LogP contribution in [0.2, 0.25) is 0 Å². The van der Waals surface area contributed by atoms with E-state index in [9.17, 15) is 0 Å². The minimum absolute atomic E-state index is 0.307. The van der Waals surface area contributed by atoms with E-state index in [1.807, 2.05) is 0 Å².